The molecule has 3 aromatic heterocycles. The van der Waals surface area contributed by atoms with E-state index < -0.39 is 11.6 Å². The standard InChI is InChI=1S/C39H44F2N10O2/c1-26-21-32(34(41)22-33(26)40)35-24-43-37(38-42-11-14-50(35)38)46(2)30-23-44-51(25-30)29-9-12-47(13-10-29)15-16-48-17-19-49(20-18-48)28-5-3-27(4-6-28)31-7-8-36(52)45-39(31)53/h3-6,11,14,21-25,29,31H,7-10,12-13,15-20H2,1-2H3,(H,45,52,53). The molecule has 2 amide bonds. The number of aryl methyl sites for hydroxylation is 1. The number of nitrogens with one attached hydrogen (secondary N) is 1. The van der Waals surface area contributed by atoms with Gasteiger partial charge in [0.15, 0.2) is 11.5 Å². The van der Waals surface area contributed by atoms with Crippen LogP contribution in [0, 0.1) is 18.6 Å². The molecule has 8 rings (SSSR count). The van der Waals surface area contributed by atoms with E-state index in [4.69, 9.17) is 5.10 Å². The summed E-state index contributed by atoms with van der Waals surface area (Å²) in [6.07, 6.45) is 11.9. The van der Waals surface area contributed by atoms with Gasteiger partial charge in [-0.15, -0.1) is 0 Å². The summed E-state index contributed by atoms with van der Waals surface area (Å²) in [5.41, 5.74) is 4.71. The van der Waals surface area contributed by atoms with Gasteiger partial charge in [-0.25, -0.2) is 18.7 Å². The average molecular weight is 723 g/mol. The molecule has 0 bridgehead atoms. The van der Waals surface area contributed by atoms with Crippen LogP contribution < -0.4 is 15.1 Å². The van der Waals surface area contributed by atoms with Crippen LogP contribution >= 0.6 is 0 Å². The van der Waals surface area contributed by atoms with Crippen LogP contribution in [0.4, 0.5) is 26.0 Å². The first kappa shape index (κ1) is 34.9. The highest BCUT2D eigenvalue weighted by molar-refractivity contribution is 6.01. The third-order valence-corrected chi connectivity index (χ3v) is 11.2. The molecule has 1 atom stereocenters. The minimum absolute atomic E-state index is 0.185. The number of carbonyl (C=O) groups excluding carboxylic acids is 2. The molecule has 53 heavy (non-hydrogen) atoms. The summed E-state index contributed by atoms with van der Waals surface area (Å²) >= 11 is 0. The van der Waals surface area contributed by atoms with Crippen molar-refractivity contribution in [3.8, 4) is 11.3 Å². The van der Waals surface area contributed by atoms with Crippen molar-refractivity contribution in [2.75, 3.05) is 69.2 Å². The predicted molar refractivity (Wildman–Crippen MR) is 198 cm³/mol. The van der Waals surface area contributed by atoms with Crippen LogP contribution in [-0.4, -0.2) is 105 Å². The van der Waals surface area contributed by atoms with Gasteiger partial charge in [0.1, 0.15) is 11.6 Å². The number of amides is 2. The first-order valence-electron chi connectivity index (χ1n) is 18.4. The summed E-state index contributed by atoms with van der Waals surface area (Å²) in [4.78, 5) is 42.4. The van der Waals surface area contributed by atoms with Crippen molar-refractivity contribution in [3.05, 3.63) is 90.1 Å². The Balaban J connectivity index is 0.814. The van der Waals surface area contributed by atoms with Crippen molar-refractivity contribution in [3.63, 3.8) is 0 Å². The molecule has 6 heterocycles. The average Bonchev–Trinajstić information content (AvgIpc) is 3.87. The number of halogens is 2. The Morgan fingerprint density at radius 3 is 2.36 bits per heavy atom. The highest BCUT2D eigenvalue weighted by Gasteiger charge is 2.29. The van der Waals surface area contributed by atoms with E-state index in [2.05, 4.69) is 53.0 Å². The van der Waals surface area contributed by atoms with Crippen LogP contribution in [0.2, 0.25) is 0 Å². The highest BCUT2D eigenvalue weighted by Crippen LogP contribution is 2.32. The summed E-state index contributed by atoms with van der Waals surface area (Å²) in [5.74, 6) is -1.25. The molecular formula is C39H44F2N10O2. The number of anilines is 3. The van der Waals surface area contributed by atoms with Crippen LogP contribution in [0.15, 0.2) is 67.4 Å². The summed E-state index contributed by atoms with van der Waals surface area (Å²) in [6, 6.07) is 11.0. The fraction of sp³-hybridized carbons (Fsp3) is 0.410. The Hall–Kier alpha value is -5.21. The van der Waals surface area contributed by atoms with Gasteiger partial charge in [0, 0.05) is 102 Å². The number of carbonyl (C=O) groups is 2. The molecule has 12 nitrogen and oxygen atoms in total. The molecule has 1 N–H and O–H groups in total. The second-order valence-corrected chi connectivity index (χ2v) is 14.4. The molecule has 3 aliphatic rings. The van der Waals surface area contributed by atoms with Crippen LogP contribution in [0.3, 0.4) is 0 Å². The zero-order chi connectivity index (χ0) is 36.6. The Morgan fingerprint density at radius 2 is 1.62 bits per heavy atom. The minimum Gasteiger partial charge on any atom is -0.369 e. The Bertz CT molecular complexity index is 2120. The summed E-state index contributed by atoms with van der Waals surface area (Å²) < 4.78 is 32.6. The van der Waals surface area contributed by atoms with E-state index in [1.807, 2.05) is 30.3 Å². The van der Waals surface area contributed by atoms with Gasteiger partial charge in [0.2, 0.25) is 11.8 Å². The smallest absolute Gasteiger partial charge is 0.234 e. The maximum Gasteiger partial charge on any atom is 0.234 e. The molecule has 1 unspecified atom stereocenters. The number of imidazole rings is 1. The minimum atomic E-state index is -0.647. The number of benzene rings is 2. The normalized spacial score (nSPS) is 19.2. The molecule has 2 aromatic carbocycles. The molecule has 276 valence electrons. The van der Waals surface area contributed by atoms with Crippen molar-refractivity contribution in [1.29, 1.82) is 0 Å². The van der Waals surface area contributed by atoms with Crippen molar-refractivity contribution >= 4 is 34.7 Å². The Labute approximate surface area is 307 Å². The summed E-state index contributed by atoms with van der Waals surface area (Å²) in [7, 11) is 1.92. The first-order valence-corrected chi connectivity index (χ1v) is 18.4. The fourth-order valence-electron chi connectivity index (χ4n) is 7.87. The number of piperazine rings is 1. The van der Waals surface area contributed by atoms with Gasteiger partial charge in [-0.05, 0) is 55.5 Å². The van der Waals surface area contributed by atoms with Crippen LogP contribution in [-0.2, 0) is 9.59 Å². The first-order chi connectivity index (χ1) is 25.7. The molecule has 3 aliphatic heterocycles. The molecule has 0 aliphatic carbocycles. The second-order valence-electron chi connectivity index (χ2n) is 14.4. The molecular weight excluding hydrogens is 678 g/mol. The topological polar surface area (TPSA) is 107 Å². The molecule has 3 saturated heterocycles. The van der Waals surface area contributed by atoms with E-state index in [1.165, 1.54) is 11.8 Å². The van der Waals surface area contributed by atoms with E-state index in [0.717, 1.165) is 82.5 Å². The molecule has 0 saturated carbocycles. The quantitative estimate of drug-likeness (QED) is 0.212. The van der Waals surface area contributed by atoms with E-state index in [1.54, 1.807) is 29.9 Å². The SMILES string of the molecule is Cc1cc(-c2cnc(N(C)c3cnn(C4CCN(CCN5CCN(c6ccc(C7CCC(=O)NC7=O)cc6)CC5)CC4)c3)c3nccn23)c(F)cc1F. The number of piperidine rings is 2. The number of rotatable bonds is 9. The third-order valence-electron chi connectivity index (χ3n) is 11.2. The second kappa shape index (κ2) is 14.7. The predicted octanol–water partition coefficient (Wildman–Crippen LogP) is 4.93. The van der Waals surface area contributed by atoms with Gasteiger partial charge in [-0.2, -0.15) is 5.10 Å². The van der Waals surface area contributed by atoms with Crippen LogP contribution in [0.1, 0.15) is 48.8 Å². The summed E-state index contributed by atoms with van der Waals surface area (Å²) in [5, 5.41) is 7.19. The maximum absolute atomic E-state index is 14.8. The third kappa shape index (κ3) is 7.12. The zero-order valence-corrected chi connectivity index (χ0v) is 30.1. The molecule has 0 spiro atoms. The van der Waals surface area contributed by atoms with Gasteiger partial charge in [-0.1, -0.05) is 12.1 Å². The van der Waals surface area contributed by atoms with Crippen molar-refractivity contribution in [2.45, 2.75) is 44.6 Å². The van der Waals surface area contributed by atoms with Crippen molar-refractivity contribution in [1.82, 2.24) is 39.3 Å². The molecule has 0 radical (unpaired) electrons. The van der Waals surface area contributed by atoms with Gasteiger partial charge < -0.3 is 14.7 Å². The lowest BCUT2D eigenvalue weighted by atomic mass is 9.90. The lowest BCUT2D eigenvalue weighted by molar-refractivity contribution is -0.134. The largest absolute Gasteiger partial charge is 0.369 e. The number of aromatic nitrogens is 5. The van der Waals surface area contributed by atoms with Crippen LogP contribution in [0.5, 0.6) is 0 Å². The lowest BCUT2D eigenvalue weighted by Crippen LogP contribution is -2.49. The van der Waals surface area contributed by atoms with Crippen molar-refractivity contribution in [2.24, 2.45) is 0 Å². The number of fused-ring (bicyclic) bond motifs is 1. The molecule has 14 heteroatoms. The van der Waals surface area contributed by atoms with E-state index in [-0.39, 0.29) is 23.3 Å². The van der Waals surface area contributed by atoms with E-state index in [9.17, 15) is 18.4 Å². The number of hydrogen-bond acceptors (Lipinski definition) is 9. The van der Waals surface area contributed by atoms with E-state index in [0.29, 0.717) is 41.6 Å². The molecule has 3 fully saturated rings. The number of imide groups is 1. The van der Waals surface area contributed by atoms with Crippen LogP contribution in [0.25, 0.3) is 16.9 Å². The summed E-state index contributed by atoms with van der Waals surface area (Å²) in [6.45, 7) is 9.71. The zero-order valence-electron chi connectivity index (χ0n) is 30.1. The van der Waals surface area contributed by atoms with Gasteiger partial charge >= 0.3 is 0 Å². The highest BCUT2D eigenvalue weighted by atomic mass is 19.1. The number of likely N-dealkylation sites (tertiary alicyclic amines) is 1. The Kier molecular flexibility index (Phi) is 9.64. The Morgan fingerprint density at radius 1 is 0.887 bits per heavy atom. The fourth-order valence-corrected chi connectivity index (χ4v) is 7.87. The van der Waals surface area contributed by atoms with Crippen molar-refractivity contribution < 1.29 is 18.4 Å². The van der Waals surface area contributed by atoms with Gasteiger partial charge in [-0.3, -0.25) is 28.9 Å². The molecule has 5 aromatic rings. The monoisotopic (exact) mass is 722 g/mol. The lowest BCUT2D eigenvalue weighted by Gasteiger charge is -2.38. The number of hydrogen-bond donors (Lipinski definition) is 1. The van der Waals surface area contributed by atoms with Gasteiger partial charge in [0.05, 0.1) is 35.7 Å². The van der Waals surface area contributed by atoms with E-state index >= 15 is 0 Å². The number of nitrogens with zero attached hydrogens (tertiary/aromatic N) is 9. The maximum atomic E-state index is 14.8. The van der Waals surface area contributed by atoms with Gasteiger partial charge in [0.25, 0.3) is 0 Å².